The molecular formula is C20H24N4O3S. The molecule has 2 aromatic rings. The lowest BCUT2D eigenvalue weighted by Crippen LogP contribution is -2.32. The summed E-state index contributed by atoms with van der Waals surface area (Å²) >= 11 is 0. The fraction of sp³-hybridized carbons (Fsp3) is 0.300. The van der Waals surface area contributed by atoms with Crippen molar-refractivity contribution in [3.8, 4) is 0 Å². The number of anilines is 1. The molecule has 0 saturated carbocycles. The molecule has 1 aliphatic heterocycles. The number of nitrogens with one attached hydrogen (secondary N) is 1. The second-order valence-electron chi connectivity index (χ2n) is 6.75. The number of rotatable bonds is 5. The lowest BCUT2D eigenvalue weighted by atomic mass is 10.1. The molecule has 8 heteroatoms. The van der Waals surface area contributed by atoms with Crippen LogP contribution in [0.25, 0.3) is 0 Å². The van der Waals surface area contributed by atoms with Crippen molar-refractivity contribution < 1.29 is 13.2 Å². The average Bonchev–Trinajstić information content (AvgIpc) is 2.73. The van der Waals surface area contributed by atoms with E-state index in [2.05, 4.69) is 22.5 Å². The molecule has 1 saturated heterocycles. The Morgan fingerprint density at radius 2 is 1.64 bits per heavy atom. The van der Waals surface area contributed by atoms with Gasteiger partial charge in [-0.25, -0.2) is 13.8 Å². The zero-order valence-electron chi connectivity index (χ0n) is 16.0. The molecule has 7 nitrogen and oxygen atoms in total. The molecule has 0 spiro atoms. The molecule has 0 radical (unpaired) electrons. The third-order valence-electron chi connectivity index (χ3n) is 4.77. The number of benzene rings is 2. The van der Waals surface area contributed by atoms with Crippen molar-refractivity contribution in [2.45, 2.75) is 17.7 Å². The maximum absolute atomic E-state index is 12.7. The molecule has 1 aliphatic rings. The maximum Gasteiger partial charge on any atom is 0.271 e. The van der Waals surface area contributed by atoms with Crippen LogP contribution in [0.15, 0.2) is 64.6 Å². The molecule has 0 bridgehead atoms. The molecule has 1 N–H and O–H groups in total. The summed E-state index contributed by atoms with van der Waals surface area (Å²) in [5.41, 5.74) is 4.47. The largest absolute Gasteiger partial charge is 0.306 e. The lowest BCUT2D eigenvalue weighted by Gasteiger charge is -2.22. The minimum atomic E-state index is -3.65. The fourth-order valence-electron chi connectivity index (χ4n) is 2.89. The highest BCUT2D eigenvalue weighted by molar-refractivity contribution is 7.92. The smallest absolute Gasteiger partial charge is 0.271 e. The van der Waals surface area contributed by atoms with E-state index in [1.165, 1.54) is 11.4 Å². The Hall–Kier alpha value is -2.71. The van der Waals surface area contributed by atoms with Gasteiger partial charge in [0.1, 0.15) is 0 Å². The van der Waals surface area contributed by atoms with Crippen molar-refractivity contribution in [1.29, 1.82) is 0 Å². The number of carbonyl (C=O) groups is 1. The highest BCUT2D eigenvalue weighted by Crippen LogP contribution is 2.22. The van der Waals surface area contributed by atoms with Crippen LogP contribution in [0, 0.1) is 0 Å². The summed E-state index contributed by atoms with van der Waals surface area (Å²) < 4.78 is 26.6. The second-order valence-corrected chi connectivity index (χ2v) is 8.72. The molecule has 0 aliphatic carbocycles. The number of hydrogen-bond donors (Lipinski definition) is 1. The fourth-order valence-corrected chi connectivity index (χ4v) is 4.11. The first-order valence-corrected chi connectivity index (χ1v) is 10.5. The van der Waals surface area contributed by atoms with E-state index < -0.39 is 10.0 Å². The number of nitrogens with zero attached hydrogens (tertiary/aromatic N) is 3. The highest BCUT2D eigenvalue weighted by Gasteiger charge is 2.21. The average molecular weight is 401 g/mol. The number of piperidine rings is 1. The first-order chi connectivity index (χ1) is 13.4. The second kappa shape index (κ2) is 8.53. The molecular weight excluding hydrogens is 376 g/mol. The van der Waals surface area contributed by atoms with Gasteiger partial charge < -0.3 is 4.90 Å². The van der Waals surface area contributed by atoms with Gasteiger partial charge >= 0.3 is 0 Å². The molecule has 0 unspecified atom stereocenters. The minimum absolute atomic E-state index is 0.216. The van der Waals surface area contributed by atoms with E-state index in [1.807, 2.05) is 0 Å². The Balaban J connectivity index is 1.67. The van der Waals surface area contributed by atoms with Crippen LogP contribution in [-0.2, 0) is 10.0 Å². The van der Waals surface area contributed by atoms with Gasteiger partial charge in [0.25, 0.3) is 15.9 Å². The summed E-state index contributed by atoms with van der Waals surface area (Å²) in [6, 6.07) is 14.6. The van der Waals surface area contributed by atoms with Crippen LogP contribution in [0.4, 0.5) is 5.69 Å². The molecule has 3 rings (SSSR count). The molecule has 2 aromatic carbocycles. The van der Waals surface area contributed by atoms with Crippen molar-refractivity contribution in [3.05, 3.63) is 60.2 Å². The lowest BCUT2D eigenvalue weighted by molar-refractivity contribution is 0.0954. The first-order valence-electron chi connectivity index (χ1n) is 9.06. The van der Waals surface area contributed by atoms with Crippen LogP contribution in [0.3, 0.4) is 0 Å². The predicted octanol–water partition coefficient (Wildman–Crippen LogP) is 2.32. The van der Waals surface area contributed by atoms with E-state index in [0.717, 1.165) is 31.6 Å². The molecule has 1 heterocycles. The Morgan fingerprint density at radius 1 is 1.04 bits per heavy atom. The van der Waals surface area contributed by atoms with E-state index in [0.29, 0.717) is 11.3 Å². The van der Waals surface area contributed by atoms with Gasteiger partial charge in [-0.05, 0) is 43.4 Å². The van der Waals surface area contributed by atoms with E-state index >= 15 is 0 Å². The Labute approximate surface area is 165 Å². The standard InChI is InChI=1S/C20H24N4O3S/c1-23-14-12-17(13-15-23)21-22-20(25)16-8-10-18(11-9-16)24(2)28(26,27)19-6-4-3-5-7-19/h3-11H,12-15H2,1-2H3,(H,22,25). The summed E-state index contributed by atoms with van der Waals surface area (Å²) in [4.78, 5) is 14.7. The molecule has 28 heavy (non-hydrogen) atoms. The van der Waals surface area contributed by atoms with Crippen LogP contribution in [0.1, 0.15) is 23.2 Å². The zero-order chi connectivity index (χ0) is 20.1. The van der Waals surface area contributed by atoms with Crippen LogP contribution >= 0.6 is 0 Å². The first kappa shape index (κ1) is 20.0. The van der Waals surface area contributed by atoms with E-state index in [9.17, 15) is 13.2 Å². The van der Waals surface area contributed by atoms with Crippen LogP contribution < -0.4 is 9.73 Å². The van der Waals surface area contributed by atoms with Gasteiger partial charge in [0.2, 0.25) is 0 Å². The normalized spacial score (nSPS) is 15.1. The molecule has 0 atom stereocenters. The van der Waals surface area contributed by atoms with Gasteiger partial charge in [0.05, 0.1) is 10.6 Å². The molecule has 1 amide bonds. The quantitative estimate of drug-likeness (QED) is 0.781. The third kappa shape index (κ3) is 4.58. The van der Waals surface area contributed by atoms with Crippen molar-refractivity contribution in [3.63, 3.8) is 0 Å². The highest BCUT2D eigenvalue weighted by atomic mass is 32.2. The predicted molar refractivity (Wildman–Crippen MR) is 110 cm³/mol. The van der Waals surface area contributed by atoms with Crippen LogP contribution in [0.2, 0.25) is 0 Å². The van der Waals surface area contributed by atoms with Gasteiger partial charge in [-0.2, -0.15) is 5.10 Å². The summed E-state index contributed by atoms with van der Waals surface area (Å²) in [7, 11) is -0.0964. The van der Waals surface area contributed by atoms with Crippen molar-refractivity contribution in [2.24, 2.45) is 5.10 Å². The molecule has 148 valence electrons. The molecule has 1 fully saturated rings. The monoisotopic (exact) mass is 400 g/mol. The van der Waals surface area contributed by atoms with Crippen molar-refractivity contribution >= 4 is 27.3 Å². The summed E-state index contributed by atoms with van der Waals surface area (Å²) in [5, 5.41) is 4.21. The van der Waals surface area contributed by atoms with E-state index in [-0.39, 0.29) is 10.8 Å². The zero-order valence-corrected chi connectivity index (χ0v) is 16.8. The summed E-state index contributed by atoms with van der Waals surface area (Å²) in [6.45, 7) is 1.87. The summed E-state index contributed by atoms with van der Waals surface area (Å²) in [6.07, 6.45) is 1.69. The van der Waals surface area contributed by atoms with Gasteiger partial charge in [0.15, 0.2) is 0 Å². The van der Waals surface area contributed by atoms with Gasteiger partial charge in [-0.3, -0.25) is 9.10 Å². The van der Waals surface area contributed by atoms with Gasteiger partial charge in [-0.1, -0.05) is 18.2 Å². The number of sulfonamides is 1. The topological polar surface area (TPSA) is 82.1 Å². The maximum atomic E-state index is 12.7. The van der Waals surface area contributed by atoms with Crippen LogP contribution in [0.5, 0.6) is 0 Å². The van der Waals surface area contributed by atoms with E-state index in [4.69, 9.17) is 0 Å². The Morgan fingerprint density at radius 3 is 2.25 bits per heavy atom. The van der Waals surface area contributed by atoms with Gasteiger partial charge in [-0.15, -0.1) is 0 Å². The van der Waals surface area contributed by atoms with E-state index in [1.54, 1.807) is 54.6 Å². The third-order valence-corrected chi connectivity index (χ3v) is 6.57. The SMILES string of the molecule is CN1CCC(=NNC(=O)c2ccc(N(C)S(=O)(=O)c3ccccc3)cc2)CC1. The van der Waals surface area contributed by atoms with Gasteiger partial charge in [0, 0.05) is 44.3 Å². The Kier molecular flexibility index (Phi) is 6.11. The van der Waals surface area contributed by atoms with Crippen LogP contribution in [-0.4, -0.2) is 52.1 Å². The number of amides is 1. The minimum Gasteiger partial charge on any atom is -0.306 e. The number of likely N-dealkylation sites (tertiary alicyclic amines) is 1. The number of hydrogen-bond acceptors (Lipinski definition) is 5. The van der Waals surface area contributed by atoms with Crippen molar-refractivity contribution in [2.75, 3.05) is 31.5 Å². The van der Waals surface area contributed by atoms with Crippen molar-refractivity contribution in [1.82, 2.24) is 10.3 Å². The summed E-state index contributed by atoms with van der Waals surface area (Å²) in [5.74, 6) is -0.313. The number of hydrazone groups is 1. The number of carbonyl (C=O) groups excluding carboxylic acids is 1. The molecule has 0 aromatic heterocycles. The Bertz CT molecular complexity index is 947.